The number of nitrogens with zero attached hydrogens (tertiary/aromatic N) is 3. The molecule has 4 nitrogen and oxygen atoms in total. The summed E-state index contributed by atoms with van der Waals surface area (Å²) in [6, 6.07) is 15.7. The lowest BCUT2D eigenvalue weighted by Gasteiger charge is -2.18. The normalized spacial score (nSPS) is 11.4. The molecule has 0 saturated heterocycles. The van der Waals surface area contributed by atoms with Gasteiger partial charge in [-0.2, -0.15) is 0 Å². The van der Waals surface area contributed by atoms with Gasteiger partial charge in [-0.25, -0.2) is 4.98 Å². The molecule has 0 aliphatic carbocycles. The standard InChI is InChI=1S/C21H26ClN3O/c1-3-24(4-2)13-8-14-25-20-15-17(22)11-12-19(20)23-21(25)16-26-18-9-6-5-7-10-18/h5-7,9-12,15H,3-4,8,13-14,16H2,1-2H3. The number of halogens is 1. The van der Waals surface area contributed by atoms with Gasteiger partial charge in [-0.1, -0.05) is 43.6 Å². The number of aryl methyl sites for hydroxylation is 1. The predicted molar refractivity (Wildman–Crippen MR) is 108 cm³/mol. The largest absolute Gasteiger partial charge is 0.486 e. The number of fused-ring (bicyclic) bond motifs is 1. The molecular weight excluding hydrogens is 346 g/mol. The summed E-state index contributed by atoms with van der Waals surface area (Å²) < 4.78 is 8.18. The highest BCUT2D eigenvalue weighted by molar-refractivity contribution is 6.31. The van der Waals surface area contributed by atoms with E-state index in [0.717, 1.165) is 60.2 Å². The molecule has 138 valence electrons. The van der Waals surface area contributed by atoms with Crippen LogP contribution in [0, 0.1) is 0 Å². The molecule has 1 aromatic heterocycles. The monoisotopic (exact) mass is 371 g/mol. The zero-order chi connectivity index (χ0) is 18.4. The van der Waals surface area contributed by atoms with Crippen LogP contribution in [0.15, 0.2) is 48.5 Å². The van der Waals surface area contributed by atoms with Crippen LogP contribution in [0.1, 0.15) is 26.1 Å². The van der Waals surface area contributed by atoms with E-state index in [1.807, 2.05) is 48.5 Å². The van der Waals surface area contributed by atoms with Crippen molar-refractivity contribution >= 4 is 22.6 Å². The lowest BCUT2D eigenvalue weighted by molar-refractivity contribution is 0.279. The molecule has 2 aromatic carbocycles. The Morgan fingerprint density at radius 2 is 1.85 bits per heavy atom. The molecule has 0 aliphatic rings. The van der Waals surface area contributed by atoms with Gasteiger partial charge in [0.15, 0.2) is 0 Å². The van der Waals surface area contributed by atoms with Crippen molar-refractivity contribution < 1.29 is 4.74 Å². The second-order valence-corrected chi connectivity index (χ2v) is 6.73. The first-order chi connectivity index (χ1) is 12.7. The minimum atomic E-state index is 0.446. The molecular formula is C21H26ClN3O. The average Bonchev–Trinajstić information content (AvgIpc) is 3.01. The minimum Gasteiger partial charge on any atom is -0.486 e. The van der Waals surface area contributed by atoms with E-state index in [2.05, 4.69) is 23.3 Å². The van der Waals surface area contributed by atoms with E-state index in [9.17, 15) is 0 Å². The van der Waals surface area contributed by atoms with Crippen LogP contribution in [0.3, 0.4) is 0 Å². The maximum Gasteiger partial charge on any atom is 0.147 e. The minimum absolute atomic E-state index is 0.446. The number of para-hydroxylation sites is 1. The molecule has 0 fully saturated rings. The van der Waals surface area contributed by atoms with Crippen molar-refractivity contribution in [3.8, 4) is 5.75 Å². The SMILES string of the molecule is CCN(CC)CCCn1c(COc2ccccc2)nc2ccc(Cl)cc21. The van der Waals surface area contributed by atoms with Crippen LogP contribution >= 0.6 is 11.6 Å². The number of hydrogen-bond acceptors (Lipinski definition) is 3. The molecule has 0 spiro atoms. The predicted octanol–water partition coefficient (Wildman–Crippen LogP) is 5.00. The highest BCUT2D eigenvalue weighted by Crippen LogP contribution is 2.22. The van der Waals surface area contributed by atoms with Crippen molar-refractivity contribution in [1.29, 1.82) is 0 Å². The zero-order valence-electron chi connectivity index (χ0n) is 15.5. The van der Waals surface area contributed by atoms with E-state index in [1.165, 1.54) is 0 Å². The third-order valence-electron chi connectivity index (χ3n) is 4.65. The van der Waals surface area contributed by atoms with Crippen LogP contribution in [0.5, 0.6) is 5.75 Å². The Balaban J connectivity index is 1.79. The van der Waals surface area contributed by atoms with E-state index in [4.69, 9.17) is 21.3 Å². The second-order valence-electron chi connectivity index (χ2n) is 6.29. The van der Waals surface area contributed by atoms with Gasteiger partial charge in [0.1, 0.15) is 18.2 Å². The molecule has 5 heteroatoms. The van der Waals surface area contributed by atoms with Crippen LogP contribution < -0.4 is 4.74 Å². The first-order valence-electron chi connectivity index (χ1n) is 9.26. The molecule has 0 N–H and O–H groups in total. The van der Waals surface area contributed by atoms with Crippen LogP contribution in [-0.2, 0) is 13.2 Å². The van der Waals surface area contributed by atoms with Crippen molar-refractivity contribution in [3.63, 3.8) is 0 Å². The summed E-state index contributed by atoms with van der Waals surface area (Å²) in [5.74, 6) is 1.79. The molecule has 3 aromatic rings. The van der Waals surface area contributed by atoms with Gasteiger partial charge in [-0.05, 0) is 56.4 Å². The summed E-state index contributed by atoms with van der Waals surface area (Å²) in [6.07, 6.45) is 1.07. The second kappa shape index (κ2) is 9.06. The van der Waals surface area contributed by atoms with E-state index in [-0.39, 0.29) is 0 Å². The van der Waals surface area contributed by atoms with E-state index in [0.29, 0.717) is 6.61 Å². The Labute approximate surface area is 160 Å². The summed E-state index contributed by atoms with van der Waals surface area (Å²) in [5.41, 5.74) is 2.03. The molecule has 0 unspecified atom stereocenters. The Morgan fingerprint density at radius 3 is 2.58 bits per heavy atom. The molecule has 0 atom stereocenters. The van der Waals surface area contributed by atoms with E-state index >= 15 is 0 Å². The van der Waals surface area contributed by atoms with E-state index in [1.54, 1.807) is 0 Å². The van der Waals surface area contributed by atoms with Crippen molar-refractivity contribution in [3.05, 3.63) is 59.4 Å². The highest BCUT2D eigenvalue weighted by atomic mass is 35.5. The van der Waals surface area contributed by atoms with Crippen molar-refractivity contribution in [2.24, 2.45) is 0 Å². The highest BCUT2D eigenvalue weighted by Gasteiger charge is 2.12. The topological polar surface area (TPSA) is 30.3 Å². The number of imidazole rings is 1. The van der Waals surface area contributed by atoms with Crippen molar-refractivity contribution in [2.75, 3.05) is 19.6 Å². The number of aromatic nitrogens is 2. The van der Waals surface area contributed by atoms with Crippen LogP contribution in [0.25, 0.3) is 11.0 Å². The summed E-state index contributed by atoms with van der Waals surface area (Å²) in [4.78, 5) is 7.21. The molecule has 0 amide bonds. The molecule has 0 bridgehead atoms. The Hall–Kier alpha value is -2.04. The van der Waals surface area contributed by atoms with Gasteiger partial charge in [-0.15, -0.1) is 0 Å². The van der Waals surface area contributed by atoms with Crippen LogP contribution in [0.2, 0.25) is 5.02 Å². The summed E-state index contributed by atoms with van der Waals surface area (Å²) in [7, 11) is 0. The average molecular weight is 372 g/mol. The third-order valence-corrected chi connectivity index (χ3v) is 4.89. The maximum absolute atomic E-state index is 6.22. The molecule has 0 aliphatic heterocycles. The number of hydrogen-bond donors (Lipinski definition) is 0. The van der Waals surface area contributed by atoms with Gasteiger partial charge in [0.25, 0.3) is 0 Å². The quantitative estimate of drug-likeness (QED) is 0.530. The first-order valence-corrected chi connectivity index (χ1v) is 9.64. The van der Waals surface area contributed by atoms with Crippen LogP contribution in [0.4, 0.5) is 0 Å². The number of ether oxygens (including phenoxy) is 1. The molecule has 3 rings (SSSR count). The zero-order valence-corrected chi connectivity index (χ0v) is 16.2. The lowest BCUT2D eigenvalue weighted by atomic mass is 10.3. The molecule has 0 saturated carbocycles. The summed E-state index contributed by atoms with van der Waals surface area (Å²) >= 11 is 6.22. The first kappa shape index (κ1) is 18.7. The fourth-order valence-corrected chi connectivity index (χ4v) is 3.33. The van der Waals surface area contributed by atoms with Crippen LogP contribution in [-0.4, -0.2) is 34.1 Å². The van der Waals surface area contributed by atoms with Gasteiger partial charge < -0.3 is 14.2 Å². The summed E-state index contributed by atoms with van der Waals surface area (Å²) in [5, 5.41) is 0.734. The van der Waals surface area contributed by atoms with E-state index < -0.39 is 0 Å². The van der Waals surface area contributed by atoms with Crippen molar-refractivity contribution in [1.82, 2.24) is 14.5 Å². The Bertz CT molecular complexity index is 828. The Morgan fingerprint density at radius 1 is 1.08 bits per heavy atom. The summed E-state index contributed by atoms with van der Waals surface area (Å²) in [6.45, 7) is 8.99. The maximum atomic E-state index is 6.22. The van der Waals surface area contributed by atoms with Gasteiger partial charge in [0.2, 0.25) is 0 Å². The third kappa shape index (κ3) is 4.57. The van der Waals surface area contributed by atoms with Gasteiger partial charge in [0, 0.05) is 11.6 Å². The number of rotatable bonds is 9. The fourth-order valence-electron chi connectivity index (χ4n) is 3.16. The molecule has 0 radical (unpaired) electrons. The number of benzene rings is 2. The van der Waals surface area contributed by atoms with Gasteiger partial charge in [-0.3, -0.25) is 0 Å². The molecule has 1 heterocycles. The Kier molecular flexibility index (Phi) is 6.53. The smallest absolute Gasteiger partial charge is 0.147 e. The molecule has 26 heavy (non-hydrogen) atoms. The van der Waals surface area contributed by atoms with Crippen molar-refractivity contribution in [2.45, 2.75) is 33.4 Å². The fraction of sp³-hybridized carbons (Fsp3) is 0.381. The van der Waals surface area contributed by atoms with Gasteiger partial charge >= 0.3 is 0 Å². The van der Waals surface area contributed by atoms with Gasteiger partial charge in [0.05, 0.1) is 11.0 Å². The lowest BCUT2D eigenvalue weighted by Crippen LogP contribution is -2.25.